The minimum Gasteiger partial charge on any atom is -0.848 e. The predicted molar refractivity (Wildman–Crippen MR) is 54.6 cm³/mol. The van der Waals surface area contributed by atoms with Crippen molar-refractivity contribution in [3.63, 3.8) is 0 Å². The summed E-state index contributed by atoms with van der Waals surface area (Å²) in [4.78, 5) is 0. The van der Waals surface area contributed by atoms with E-state index in [4.69, 9.17) is 5.26 Å². The summed E-state index contributed by atoms with van der Waals surface area (Å²) in [6, 6.07) is 2.15. The zero-order valence-electron chi connectivity index (χ0n) is 10.3. The van der Waals surface area contributed by atoms with Gasteiger partial charge in [-0.1, -0.05) is 12.5 Å². The van der Waals surface area contributed by atoms with Crippen LogP contribution in [0.5, 0.6) is 0 Å². The van der Waals surface area contributed by atoms with Crippen LogP contribution < -0.4 is 24.0 Å². The average molecular weight is 211 g/mol. The summed E-state index contributed by atoms with van der Waals surface area (Å²) in [5.41, 5.74) is -0.993. The van der Waals surface area contributed by atoms with E-state index in [-0.39, 0.29) is 30.7 Å². The molecular weight excluding hydrogens is 193 g/mol. The second kappa shape index (κ2) is 3.77. The van der Waals surface area contributed by atoms with Gasteiger partial charge in [-0.05, 0) is 55.3 Å². The van der Waals surface area contributed by atoms with Gasteiger partial charge in [-0.3, -0.25) is 0 Å². The smallest absolute Gasteiger partial charge is 0.848 e. The topological polar surface area (TPSA) is 46.8 Å². The number of nitrogens with zero attached hydrogens (tertiary/aromatic N) is 1. The first-order chi connectivity index (χ1) is 7.07. The van der Waals surface area contributed by atoms with Crippen LogP contribution in [0.2, 0.25) is 0 Å². The number of rotatable bonds is 1. The second-order valence-corrected chi connectivity index (χ2v) is 6.33. The molecule has 3 atom stereocenters. The van der Waals surface area contributed by atoms with Crippen LogP contribution in [0.1, 0.15) is 45.4 Å². The number of hydrogen-bond donors (Lipinski definition) is 0. The zero-order chi connectivity index (χ0) is 10.7. The van der Waals surface area contributed by atoms with E-state index < -0.39 is 5.60 Å². The minimum atomic E-state index is -0.921. The van der Waals surface area contributed by atoms with Crippen LogP contribution in [0.15, 0.2) is 0 Å². The molecule has 0 saturated heterocycles. The Bertz CT molecular complexity index is 323. The molecule has 4 aliphatic carbocycles. The molecule has 82 valence electrons. The monoisotopic (exact) mass is 211 g/mol. The van der Waals surface area contributed by atoms with Gasteiger partial charge in [0.15, 0.2) is 0 Å². The summed E-state index contributed by atoms with van der Waals surface area (Å²) in [6.45, 7) is 2.15. The van der Waals surface area contributed by atoms with Crippen LogP contribution in [0, 0.1) is 34.5 Å². The van der Waals surface area contributed by atoms with Gasteiger partial charge in [-0.2, -0.15) is 5.26 Å². The third-order valence-electron chi connectivity index (χ3n) is 5.40. The Morgan fingerprint density at radius 2 is 1.81 bits per heavy atom. The van der Waals surface area contributed by atoms with Crippen LogP contribution in [-0.2, 0) is 0 Å². The van der Waals surface area contributed by atoms with Crippen LogP contribution in [0.3, 0.4) is 0 Å². The predicted octanol–water partition coefficient (Wildman–Crippen LogP) is -1.15. The largest absolute Gasteiger partial charge is 1.00 e. The fourth-order valence-electron chi connectivity index (χ4n) is 4.95. The second-order valence-electron chi connectivity index (χ2n) is 6.33. The first kappa shape index (κ1) is 12.5. The van der Waals surface area contributed by atoms with E-state index >= 15 is 0 Å². The molecule has 0 amide bonds. The van der Waals surface area contributed by atoms with Crippen LogP contribution in [0.4, 0.5) is 0 Å². The maximum absolute atomic E-state index is 12.9. The fourth-order valence-corrected chi connectivity index (χ4v) is 4.95. The molecule has 4 bridgehead atoms. The number of hydrogen-bond acceptors (Lipinski definition) is 2. The Morgan fingerprint density at radius 3 is 2.25 bits per heavy atom. The van der Waals surface area contributed by atoms with E-state index in [2.05, 4.69) is 13.0 Å². The third-order valence-corrected chi connectivity index (χ3v) is 5.40. The van der Waals surface area contributed by atoms with E-state index in [9.17, 15) is 5.11 Å². The molecule has 0 aromatic heterocycles. The first-order valence-corrected chi connectivity index (χ1v) is 6.15. The van der Waals surface area contributed by atoms with Crippen molar-refractivity contribution in [2.45, 2.75) is 51.0 Å². The third kappa shape index (κ3) is 1.42. The van der Waals surface area contributed by atoms with Crippen molar-refractivity contribution in [2.75, 3.05) is 0 Å². The summed E-state index contributed by atoms with van der Waals surface area (Å²) in [5.74, 6) is 1.90. The maximum atomic E-state index is 12.9. The standard InChI is InChI=1S/C13H18NO.Li/c1-12-7-9-4-10(8-12)6-11(5-9)13(12,15)2-3-14;/h9-11H,2,4-8H2,1H3;/q-1;+1. The van der Waals surface area contributed by atoms with Crippen LogP contribution in [0.25, 0.3) is 0 Å². The fraction of sp³-hybridized carbons (Fsp3) is 0.923. The van der Waals surface area contributed by atoms with E-state index in [1.54, 1.807) is 0 Å². The van der Waals surface area contributed by atoms with E-state index in [0.717, 1.165) is 37.5 Å². The van der Waals surface area contributed by atoms with Crippen molar-refractivity contribution in [2.24, 2.45) is 23.2 Å². The molecule has 4 rings (SSSR count). The van der Waals surface area contributed by atoms with Crippen molar-refractivity contribution >= 4 is 0 Å². The van der Waals surface area contributed by atoms with Gasteiger partial charge in [-0.15, -0.1) is 0 Å². The molecule has 0 radical (unpaired) electrons. The van der Waals surface area contributed by atoms with Crippen molar-refractivity contribution < 1.29 is 24.0 Å². The molecule has 0 heterocycles. The Morgan fingerprint density at radius 1 is 1.25 bits per heavy atom. The van der Waals surface area contributed by atoms with Gasteiger partial charge in [0.1, 0.15) is 0 Å². The van der Waals surface area contributed by atoms with Crippen molar-refractivity contribution in [1.82, 2.24) is 0 Å². The van der Waals surface area contributed by atoms with Gasteiger partial charge >= 0.3 is 18.9 Å². The Balaban J connectivity index is 0.000000963. The van der Waals surface area contributed by atoms with Gasteiger partial charge in [0.05, 0.1) is 6.07 Å². The van der Waals surface area contributed by atoms with Gasteiger partial charge in [-0.25, -0.2) is 0 Å². The normalized spacial score (nSPS) is 53.2. The van der Waals surface area contributed by atoms with Crippen LogP contribution >= 0.6 is 0 Å². The molecule has 0 N–H and O–H groups in total. The Kier molecular flexibility index (Phi) is 2.95. The summed E-state index contributed by atoms with van der Waals surface area (Å²) in [5, 5.41) is 21.8. The van der Waals surface area contributed by atoms with Gasteiger partial charge in [0.25, 0.3) is 0 Å². The molecule has 3 heteroatoms. The van der Waals surface area contributed by atoms with Crippen molar-refractivity contribution in [3.05, 3.63) is 0 Å². The van der Waals surface area contributed by atoms with E-state index in [1.807, 2.05) is 0 Å². The average Bonchev–Trinajstić information content (AvgIpc) is 2.13. The van der Waals surface area contributed by atoms with Gasteiger partial charge in [0.2, 0.25) is 0 Å². The van der Waals surface area contributed by atoms with Gasteiger partial charge < -0.3 is 5.11 Å². The molecule has 4 aliphatic rings. The van der Waals surface area contributed by atoms with Crippen molar-refractivity contribution in [1.29, 1.82) is 5.26 Å². The SMILES string of the molecule is CC12CC3CC(CC(C3)C1([O-])CC#N)C2.[Li+]. The summed E-state index contributed by atoms with van der Waals surface area (Å²) in [6.07, 6.45) is 5.98. The Labute approximate surface area is 110 Å². The summed E-state index contributed by atoms with van der Waals surface area (Å²) >= 11 is 0. The molecule has 4 fully saturated rings. The first-order valence-electron chi connectivity index (χ1n) is 6.15. The molecule has 0 spiro atoms. The maximum Gasteiger partial charge on any atom is 1.00 e. The molecule has 0 aromatic carbocycles. The molecule has 2 nitrogen and oxygen atoms in total. The molecule has 3 unspecified atom stereocenters. The van der Waals surface area contributed by atoms with Gasteiger partial charge in [0, 0.05) is 6.42 Å². The van der Waals surface area contributed by atoms with E-state index in [1.165, 1.54) is 6.42 Å². The molecular formula is C13H18LiNO. The molecule has 0 aromatic rings. The molecule has 0 aliphatic heterocycles. The number of nitriles is 1. The minimum absolute atomic E-state index is 0. The molecule has 16 heavy (non-hydrogen) atoms. The quantitative estimate of drug-likeness (QED) is 0.514. The zero-order valence-corrected chi connectivity index (χ0v) is 10.3. The molecule has 4 saturated carbocycles. The van der Waals surface area contributed by atoms with Crippen molar-refractivity contribution in [3.8, 4) is 6.07 Å². The summed E-state index contributed by atoms with van der Waals surface area (Å²) in [7, 11) is 0. The van der Waals surface area contributed by atoms with E-state index in [0.29, 0.717) is 5.92 Å². The Hall–Kier alpha value is 0.0474. The van der Waals surface area contributed by atoms with Crippen LogP contribution in [-0.4, -0.2) is 5.60 Å². The summed E-state index contributed by atoms with van der Waals surface area (Å²) < 4.78 is 0.